The normalized spacial score (nSPS) is 18.0. The average molecular weight is 271 g/mol. The Labute approximate surface area is 116 Å². The molecule has 0 radical (unpaired) electrons. The maximum Gasteiger partial charge on any atom is 0.123 e. The summed E-state index contributed by atoms with van der Waals surface area (Å²) in [6.07, 6.45) is 4.19. The van der Waals surface area contributed by atoms with Crippen molar-refractivity contribution in [3.8, 4) is 0 Å². The maximum atomic E-state index is 12.8. The topological polar surface area (TPSA) is 3.24 Å². The van der Waals surface area contributed by atoms with Crippen LogP contribution in [0.1, 0.15) is 5.56 Å². The van der Waals surface area contributed by atoms with E-state index in [4.69, 9.17) is 0 Å². The van der Waals surface area contributed by atoms with Crippen LogP contribution in [0.15, 0.2) is 59.5 Å². The van der Waals surface area contributed by atoms with Gasteiger partial charge in [-0.3, -0.25) is 0 Å². The number of thioether (sulfide) groups is 1. The van der Waals surface area contributed by atoms with E-state index in [0.717, 1.165) is 5.56 Å². The number of fused-ring (bicyclic) bond motifs is 1. The number of anilines is 1. The molecule has 0 bridgehead atoms. The lowest BCUT2D eigenvalue weighted by Gasteiger charge is -2.18. The third-order valence-electron chi connectivity index (χ3n) is 3.20. The highest BCUT2D eigenvalue weighted by molar-refractivity contribution is 8.00. The van der Waals surface area contributed by atoms with Gasteiger partial charge < -0.3 is 4.90 Å². The quantitative estimate of drug-likeness (QED) is 0.796. The Morgan fingerprint density at radius 3 is 2.58 bits per heavy atom. The summed E-state index contributed by atoms with van der Waals surface area (Å²) in [4.78, 5) is 3.55. The second kappa shape index (κ2) is 5.10. The fourth-order valence-electron chi connectivity index (χ4n) is 2.13. The van der Waals surface area contributed by atoms with E-state index < -0.39 is 0 Å². The number of rotatable bonds is 2. The summed E-state index contributed by atoms with van der Waals surface area (Å²) < 4.78 is 12.8. The van der Waals surface area contributed by atoms with Crippen molar-refractivity contribution < 1.29 is 4.39 Å². The van der Waals surface area contributed by atoms with Crippen molar-refractivity contribution in [2.24, 2.45) is 0 Å². The van der Waals surface area contributed by atoms with Gasteiger partial charge in [-0.2, -0.15) is 0 Å². The van der Waals surface area contributed by atoms with Crippen molar-refractivity contribution in [1.29, 1.82) is 0 Å². The Bertz CT molecular complexity index is 606. The fourth-order valence-corrected chi connectivity index (χ4v) is 3.31. The highest BCUT2D eigenvalue weighted by Crippen LogP contribution is 2.42. The highest BCUT2D eigenvalue weighted by Gasteiger charge is 2.24. The number of benzene rings is 2. The van der Waals surface area contributed by atoms with Gasteiger partial charge in [0.2, 0.25) is 0 Å². The van der Waals surface area contributed by atoms with Gasteiger partial charge in [0.25, 0.3) is 0 Å². The number of likely N-dealkylation sites (N-methyl/N-ethyl adjacent to an activating group) is 1. The second-order valence-corrected chi connectivity index (χ2v) is 5.66. The standard InChI is InChI=1S/C16H14FNS/c1-18-14-4-2-3-5-15(14)19-16(18)11-8-12-6-9-13(17)10-7-12/h2-11,16H,1H3/b11-8+. The van der Waals surface area contributed by atoms with E-state index in [0.29, 0.717) is 5.37 Å². The van der Waals surface area contributed by atoms with E-state index in [1.54, 1.807) is 12.1 Å². The summed E-state index contributed by atoms with van der Waals surface area (Å²) in [6.45, 7) is 0. The smallest absolute Gasteiger partial charge is 0.123 e. The third-order valence-corrected chi connectivity index (χ3v) is 4.51. The molecule has 1 nitrogen and oxygen atoms in total. The van der Waals surface area contributed by atoms with Crippen molar-refractivity contribution in [1.82, 2.24) is 0 Å². The molecule has 1 aliphatic rings. The van der Waals surface area contributed by atoms with E-state index in [9.17, 15) is 4.39 Å². The summed E-state index contributed by atoms with van der Waals surface area (Å²) >= 11 is 1.83. The maximum absolute atomic E-state index is 12.8. The molecule has 1 aliphatic heterocycles. The molecular formula is C16H14FNS. The minimum absolute atomic E-state index is 0.197. The van der Waals surface area contributed by atoms with Crippen LogP contribution in [0.5, 0.6) is 0 Å². The number of hydrogen-bond acceptors (Lipinski definition) is 2. The number of para-hydroxylation sites is 1. The van der Waals surface area contributed by atoms with E-state index in [1.165, 1.54) is 22.7 Å². The van der Waals surface area contributed by atoms with Gasteiger partial charge in [0.05, 0.1) is 11.1 Å². The van der Waals surface area contributed by atoms with E-state index in [1.807, 2.05) is 17.8 Å². The van der Waals surface area contributed by atoms with E-state index in [2.05, 4.69) is 42.3 Å². The molecule has 96 valence electrons. The first-order valence-electron chi connectivity index (χ1n) is 6.16. The summed E-state index contributed by atoms with van der Waals surface area (Å²) in [6, 6.07) is 14.9. The minimum atomic E-state index is -0.197. The molecule has 0 saturated heterocycles. The Balaban J connectivity index is 1.77. The molecule has 0 aliphatic carbocycles. The number of nitrogens with zero attached hydrogens (tertiary/aromatic N) is 1. The first kappa shape index (κ1) is 12.3. The first-order valence-corrected chi connectivity index (χ1v) is 7.04. The van der Waals surface area contributed by atoms with Crippen molar-refractivity contribution in [3.63, 3.8) is 0 Å². The number of hydrogen-bond donors (Lipinski definition) is 0. The van der Waals surface area contributed by atoms with Gasteiger partial charge in [0, 0.05) is 11.9 Å². The van der Waals surface area contributed by atoms with Gasteiger partial charge in [-0.1, -0.05) is 48.2 Å². The van der Waals surface area contributed by atoms with Gasteiger partial charge in [0.15, 0.2) is 0 Å². The molecule has 2 aromatic rings. The van der Waals surface area contributed by atoms with Crippen LogP contribution < -0.4 is 4.90 Å². The zero-order valence-corrected chi connectivity index (χ0v) is 11.4. The van der Waals surface area contributed by atoms with Crippen LogP contribution in [0.4, 0.5) is 10.1 Å². The molecule has 0 fully saturated rings. The summed E-state index contributed by atoms with van der Waals surface area (Å²) in [5, 5.41) is 0.294. The molecule has 1 heterocycles. The van der Waals surface area contributed by atoms with Crippen LogP contribution in [0.2, 0.25) is 0 Å². The van der Waals surface area contributed by atoms with Crippen LogP contribution in [-0.4, -0.2) is 12.4 Å². The summed E-state index contributed by atoms with van der Waals surface area (Å²) in [5.74, 6) is -0.197. The van der Waals surface area contributed by atoms with Gasteiger partial charge in [-0.05, 0) is 29.8 Å². The molecule has 1 unspecified atom stereocenters. The Kier molecular flexibility index (Phi) is 3.30. The SMILES string of the molecule is CN1c2ccccc2SC1/C=C/c1ccc(F)cc1. The lowest BCUT2D eigenvalue weighted by Crippen LogP contribution is -2.21. The molecule has 19 heavy (non-hydrogen) atoms. The second-order valence-electron chi connectivity index (χ2n) is 4.50. The van der Waals surface area contributed by atoms with Crippen LogP contribution in [0, 0.1) is 5.82 Å². The van der Waals surface area contributed by atoms with Gasteiger partial charge in [-0.15, -0.1) is 0 Å². The van der Waals surface area contributed by atoms with Gasteiger partial charge in [0.1, 0.15) is 5.82 Å². The van der Waals surface area contributed by atoms with Crippen LogP contribution in [0.3, 0.4) is 0 Å². The predicted octanol–water partition coefficient (Wildman–Crippen LogP) is 4.41. The predicted molar refractivity (Wildman–Crippen MR) is 79.9 cm³/mol. The molecule has 0 amide bonds. The Morgan fingerprint density at radius 1 is 1.11 bits per heavy atom. The molecule has 0 N–H and O–H groups in total. The molecule has 2 aromatic carbocycles. The first-order chi connectivity index (χ1) is 9.24. The van der Waals surface area contributed by atoms with Crippen molar-refractivity contribution in [2.45, 2.75) is 10.3 Å². The number of halogens is 1. The molecular weight excluding hydrogens is 257 g/mol. The lowest BCUT2D eigenvalue weighted by molar-refractivity contribution is 0.628. The third kappa shape index (κ3) is 2.51. The fraction of sp³-hybridized carbons (Fsp3) is 0.125. The van der Waals surface area contributed by atoms with Gasteiger partial charge >= 0.3 is 0 Å². The largest absolute Gasteiger partial charge is 0.358 e. The molecule has 0 saturated carbocycles. The molecule has 1 atom stereocenters. The summed E-state index contributed by atoms with van der Waals surface area (Å²) in [7, 11) is 2.10. The molecule has 0 spiro atoms. The Morgan fingerprint density at radius 2 is 1.84 bits per heavy atom. The van der Waals surface area contributed by atoms with E-state index >= 15 is 0 Å². The molecule has 3 heteroatoms. The van der Waals surface area contributed by atoms with Crippen LogP contribution >= 0.6 is 11.8 Å². The molecule has 3 rings (SSSR count). The van der Waals surface area contributed by atoms with Crippen molar-refractivity contribution >= 4 is 23.5 Å². The van der Waals surface area contributed by atoms with Crippen molar-refractivity contribution in [3.05, 3.63) is 66.0 Å². The van der Waals surface area contributed by atoms with E-state index in [-0.39, 0.29) is 5.82 Å². The lowest BCUT2D eigenvalue weighted by atomic mass is 10.2. The minimum Gasteiger partial charge on any atom is -0.358 e. The average Bonchev–Trinajstić information content (AvgIpc) is 2.76. The van der Waals surface area contributed by atoms with Crippen molar-refractivity contribution in [2.75, 3.05) is 11.9 Å². The highest BCUT2D eigenvalue weighted by atomic mass is 32.2. The Hall–Kier alpha value is -1.74. The monoisotopic (exact) mass is 271 g/mol. The summed E-state index contributed by atoms with van der Waals surface area (Å²) in [5.41, 5.74) is 2.28. The van der Waals surface area contributed by atoms with Crippen LogP contribution in [0.25, 0.3) is 6.08 Å². The van der Waals surface area contributed by atoms with Crippen LogP contribution in [-0.2, 0) is 0 Å². The zero-order chi connectivity index (χ0) is 13.2. The molecule has 0 aromatic heterocycles. The zero-order valence-electron chi connectivity index (χ0n) is 10.6. The van der Waals surface area contributed by atoms with Gasteiger partial charge in [-0.25, -0.2) is 4.39 Å².